The van der Waals surface area contributed by atoms with Crippen molar-refractivity contribution in [2.45, 2.75) is 19.3 Å². The second-order valence-electron chi connectivity index (χ2n) is 15.3. The van der Waals surface area contributed by atoms with Crippen molar-refractivity contribution in [3.63, 3.8) is 0 Å². The van der Waals surface area contributed by atoms with Crippen LogP contribution in [-0.4, -0.2) is 0 Å². The van der Waals surface area contributed by atoms with Crippen LogP contribution in [0.25, 0.3) is 76.9 Å². The molecule has 55 heavy (non-hydrogen) atoms. The lowest BCUT2D eigenvalue weighted by atomic mass is 9.79. The van der Waals surface area contributed by atoms with Crippen molar-refractivity contribution in [2.24, 2.45) is 0 Å². The monoisotopic (exact) mass is 703 g/mol. The molecule has 0 saturated carbocycles. The summed E-state index contributed by atoms with van der Waals surface area (Å²) in [5.41, 5.74) is 15.3. The Labute approximate surface area is 320 Å². The van der Waals surface area contributed by atoms with Gasteiger partial charge >= 0.3 is 0 Å². The number of fused-ring (bicyclic) bond motifs is 9. The number of benzene rings is 9. The molecule has 0 fully saturated rings. The van der Waals surface area contributed by atoms with Crippen molar-refractivity contribution in [1.29, 1.82) is 0 Å². The van der Waals surface area contributed by atoms with Crippen molar-refractivity contribution >= 4 is 60.5 Å². The highest BCUT2D eigenvalue weighted by molar-refractivity contribution is 6.13. The molecule has 1 heterocycles. The predicted octanol–water partition coefficient (Wildman–Crippen LogP) is 15.0. The van der Waals surface area contributed by atoms with E-state index in [1.165, 1.54) is 66.1 Å². The van der Waals surface area contributed by atoms with Crippen LogP contribution in [0.4, 0.5) is 17.1 Å². The number of rotatable bonds is 5. The van der Waals surface area contributed by atoms with Gasteiger partial charge in [-0.25, -0.2) is 0 Å². The van der Waals surface area contributed by atoms with Crippen LogP contribution < -0.4 is 4.90 Å². The van der Waals surface area contributed by atoms with Crippen LogP contribution in [-0.2, 0) is 5.41 Å². The largest absolute Gasteiger partial charge is 0.456 e. The zero-order valence-electron chi connectivity index (χ0n) is 30.8. The predicted molar refractivity (Wildman–Crippen MR) is 232 cm³/mol. The number of furan rings is 1. The Morgan fingerprint density at radius 1 is 0.418 bits per heavy atom. The van der Waals surface area contributed by atoms with Gasteiger partial charge in [0.05, 0.1) is 5.69 Å². The van der Waals surface area contributed by atoms with Gasteiger partial charge in [-0.05, 0) is 109 Å². The van der Waals surface area contributed by atoms with Crippen LogP contribution in [0.3, 0.4) is 0 Å². The molecule has 11 rings (SSSR count). The fraction of sp³-hybridized carbons (Fsp3) is 0.0566. The van der Waals surface area contributed by atoms with Gasteiger partial charge in [0.15, 0.2) is 0 Å². The van der Waals surface area contributed by atoms with E-state index in [0.29, 0.717) is 0 Å². The molecule has 1 aromatic heterocycles. The molecule has 0 atom stereocenters. The van der Waals surface area contributed by atoms with Gasteiger partial charge in [-0.2, -0.15) is 0 Å². The van der Waals surface area contributed by atoms with E-state index in [-0.39, 0.29) is 5.41 Å². The summed E-state index contributed by atoms with van der Waals surface area (Å²) in [6, 6.07) is 68.4. The Balaban J connectivity index is 1.18. The molecule has 0 unspecified atom stereocenters. The lowest BCUT2D eigenvalue weighted by molar-refractivity contribution is 0.666. The summed E-state index contributed by atoms with van der Waals surface area (Å²) in [6.07, 6.45) is 0. The van der Waals surface area contributed by atoms with Crippen LogP contribution in [0.5, 0.6) is 0 Å². The first kappa shape index (κ1) is 31.6. The van der Waals surface area contributed by atoms with Crippen molar-refractivity contribution in [2.75, 3.05) is 4.90 Å². The van der Waals surface area contributed by atoms with E-state index in [9.17, 15) is 0 Å². The number of hydrogen-bond donors (Lipinski definition) is 0. The molecule has 0 amide bonds. The molecule has 1 aliphatic rings. The van der Waals surface area contributed by atoms with Gasteiger partial charge in [0, 0.05) is 32.9 Å². The Kier molecular flexibility index (Phi) is 6.93. The van der Waals surface area contributed by atoms with E-state index in [4.69, 9.17) is 4.42 Å². The number of para-hydroxylation sites is 1. The van der Waals surface area contributed by atoms with Crippen molar-refractivity contribution < 1.29 is 4.42 Å². The average Bonchev–Trinajstić information content (AvgIpc) is 3.73. The summed E-state index contributed by atoms with van der Waals surface area (Å²) < 4.78 is 6.30. The smallest absolute Gasteiger partial charge is 0.135 e. The van der Waals surface area contributed by atoms with Gasteiger partial charge in [0.2, 0.25) is 0 Å². The lowest BCUT2D eigenvalue weighted by Gasteiger charge is -2.28. The third-order valence-corrected chi connectivity index (χ3v) is 11.8. The molecular formula is C53H37NO. The average molecular weight is 704 g/mol. The van der Waals surface area contributed by atoms with Gasteiger partial charge in [0.1, 0.15) is 11.2 Å². The molecule has 0 spiro atoms. The third-order valence-electron chi connectivity index (χ3n) is 11.8. The fourth-order valence-corrected chi connectivity index (χ4v) is 9.32. The molecule has 0 radical (unpaired) electrons. The van der Waals surface area contributed by atoms with Crippen LogP contribution in [0.1, 0.15) is 25.0 Å². The van der Waals surface area contributed by atoms with E-state index >= 15 is 0 Å². The highest BCUT2D eigenvalue weighted by atomic mass is 16.3. The fourth-order valence-electron chi connectivity index (χ4n) is 9.32. The standard InChI is InChI=1S/C53H37NO/c1-53(2)47-25-12-10-24-44(47)51-46(32-36-17-6-7-20-39(36)52(51)53)41-28-29-48(42-22-9-8-21-40(41)42)54(37-19-14-18-35(31-37)34-15-4-3-5-16-34)38-27-30-50-45(33-38)43-23-11-13-26-49(43)55-50/h3-33H,1-2H3. The van der Waals surface area contributed by atoms with E-state index < -0.39 is 0 Å². The lowest BCUT2D eigenvalue weighted by Crippen LogP contribution is -2.15. The van der Waals surface area contributed by atoms with Gasteiger partial charge in [-0.15, -0.1) is 0 Å². The SMILES string of the molecule is CC1(C)c2ccccc2-c2c(-c3ccc(N(c4cccc(-c5ccccc5)c4)c4ccc5oc6ccccc6c5c4)c4ccccc34)cc3ccccc3c21. The quantitative estimate of drug-likeness (QED) is 0.177. The van der Waals surface area contributed by atoms with Gasteiger partial charge in [-0.1, -0.05) is 153 Å². The molecule has 0 N–H and O–H groups in total. The molecule has 0 saturated heterocycles. The Morgan fingerprint density at radius 3 is 1.96 bits per heavy atom. The van der Waals surface area contributed by atoms with Gasteiger partial charge in [-0.3, -0.25) is 0 Å². The molecule has 0 aliphatic heterocycles. The summed E-state index contributed by atoms with van der Waals surface area (Å²) in [6.45, 7) is 4.77. The molecule has 2 heteroatoms. The second-order valence-corrected chi connectivity index (χ2v) is 15.3. The normalized spacial score (nSPS) is 13.1. The first-order chi connectivity index (χ1) is 27.0. The number of anilines is 3. The summed E-state index contributed by atoms with van der Waals surface area (Å²) in [7, 11) is 0. The number of nitrogens with zero attached hydrogens (tertiary/aromatic N) is 1. The maximum atomic E-state index is 6.30. The van der Waals surface area contributed by atoms with E-state index in [0.717, 1.165) is 39.0 Å². The summed E-state index contributed by atoms with van der Waals surface area (Å²) in [4.78, 5) is 2.42. The molecule has 9 aromatic carbocycles. The van der Waals surface area contributed by atoms with Crippen molar-refractivity contribution in [3.05, 3.63) is 199 Å². The van der Waals surface area contributed by atoms with Crippen LogP contribution in [0.15, 0.2) is 192 Å². The number of hydrogen-bond acceptors (Lipinski definition) is 2. The van der Waals surface area contributed by atoms with Crippen molar-refractivity contribution in [3.8, 4) is 33.4 Å². The second kappa shape index (κ2) is 12.1. The van der Waals surface area contributed by atoms with E-state index in [1.54, 1.807) is 0 Å². The minimum atomic E-state index is -0.131. The molecule has 2 nitrogen and oxygen atoms in total. The zero-order valence-corrected chi connectivity index (χ0v) is 30.8. The molecule has 1 aliphatic carbocycles. The highest BCUT2D eigenvalue weighted by Gasteiger charge is 2.38. The van der Waals surface area contributed by atoms with Crippen LogP contribution >= 0.6 is 0 Å². The zero-order chi connectivity index (χ0) is 36.7. The Bertz CT molecular complexity index is 3130. The first-order valence-corrected chi connectivity index (χ1v) is 19.1. The maximum absolute atomic E-state index is 6.30. The van der Waals surface area contributed by atoms with Crippen molar-refractivity contribution in [1.82, 2.24) is 0 Å². The molecule has 260 valence electrons. The van der Waals surface area contributed by atoms with Gasteiger partial charge < -0.3 is 9.32 Å². The summed E-state index contributed by atoms with van der Waals surface area (Å²) in [5, 5.41) is 7.23. The van der Waals surface area contributed by atoms with E-state index in [2.05, 4.69) is 195 Å². The van der Waals surface area contributed by atoms with Crippen LogP contribution in [0, 0.1) is 0 Å². The highest BCUT2D eigenvalue weighted by Crippen LogP contribution is 2.56. The summed E-state index contributed by atoms with van der Waals surface area (Å²) in [5.74, 6) is 0. The van der Waals surface area contributed by atoms with Crippen LogP contribution in [0.2, 0.25) is 0 Å². The molecule has 10 aromatic rings. The maximum Gasteiger partial charge on any atom is 0.135 e. The topological polar surface area (TPSA) is 16.4 Å². The van der Waals surface area contributed by atoms with E-state index in [1.807, 2.05) is 12.1 Å². The van der Waals surface area contributed by atoms with Gasteiger partial charge in [0.25, 0.3) is 0 Å². The third kappa shape index (κ3) is 4.81. The Hall–Kier alpha value is -6.90. The minimum absolute atomic E-state index is 0.131. The first-order valence-electron chi connectivity index (χ1n) is 19.1. The summed E-state index contributed by atoms with van der Waals surface area (Å²) >= 11 is 0. The Morgan fingerprint density at radius 2 is 1.09 bits per heavy atom. The molecule has 0 bridgehead atoms. The minimum Gasteiger partial charge on any atom is -0.456 e. The molecular weight excluding hydrogens is 667 g/mol.